The van der Waals surface area contributed by atoms with E-state index in [4.69, 9.17) is 16.3 Å². The molecule has 4 heteroatoms. The first-order valence-electron chi connectivity index (χ1n) is 5.85. The van der Waals surface area contributed by atoms with Crippen molar-refractivity contribution in [2.45, 2.75) is 0 Å². The Bertz CT molecular complexity index is 663. The van der Waals surface area contributed by atoms with Gasteiger partial charge >= 0.3 is 5.97 Å². The summed E-state index contributed by atoms with van der Waals surface area (Å²) in [5, 5.41) is 0.384. The highest BCUT2D eigenvalue weighted by Crippen LogP contribution is 2.24. The number of allylic oxidation sites excluding steroid dienone is 1. The van der Waals surface area contributed by atoms with Crippen molar-refractivity contribution in [1.29, 1.82) is 0 Å². The fourth-order valence-corrected chi connectivity index (χ4v) is 1.80. The fourth-order valence-electron chi connectivity index (χ4n) is 1.63. The summed E-state index contributed by atoms with van der Waals surface area (Å²) < 4.78 is 5.24. The van der Waals surface area contributed by atoms with Crippen LogP contribution in [0.2, 0.25) is 5.02 Å². The minimum absolute atomic E-state index is 0.160. The number of ether oxygens (including phenoxy) is 1. The predicted octanol–water partition coefficient (Wildman–Crippen LogP) is 3.93. The van der Waals surface area contributed by atoms with Crippen molar-refractivity contribution in [3.8, 4) is 5.75 Å². The number of ketones is 1. The van der Waals surface area contributed by atoms with E-state index in [1.165, 1.54) is 12.1 Å². The van der Waals surface area contributed by atoms with E-state index in [0.29, 0.717) is 10.6 Å². The van der Waals surface area contributed by atoms with Gasteiger partial charge in [-0.15, -0.1) is 0 Å². The van der Waals surface area contributed by atoms with Crippen molar-refractivity contribution in [2.75, 3.05) is 0 Å². The molecular formula is C16H11ClO3. The first-order chi connectivity index (χ1) is 9.61. The molecule has 0 heterocycles. The fraction of sp³-hybridized carbons (Fsp3) is 0. The molecule has 0 saturated carbocycles. The van der Waals surface area contributed by atoms with Crippen LogP contribution in [-0.4, -0.2) is 11.8 Å². The van der Waals surface area contributed by atoms with Gasteiger partial charge in [-0.1, -0.05) is 36.4 Å². The van der Waals surface area contributed by atoms with Crippen molar-refractivity contribution in [3.63, 3.8) is 0 Å². The molecule has 2 aromatic rings. The Labute approximate surface area is 121 Å². The van der Waals surface area contributed by atoms with Crippen LogP contribution < -0.4 is 4.74 Å². The SMILES string of the molecule is C=CC(=O)c1cc(Cl)ccc1OC(=O)c1ccccc1. The van der Waals surface area contributed by atoms with Gasteiger partial charge in [-0.3, -0.25) is 4.79 Å². The normalized spacial score (nSPS) is 9.85. The summed E-state index contributed by atoms with van der Waals surface area (Å²) in [5.41, 5.74) is 0.608. The molecule has 0 aromatic heterocycles. The molecule has 0 aliphatic heterocycles. The van der Waals surface area contributed by atoms with Crippen LogP contribution >= 0.6 is 11.6 Å². The topological polar surface area (TPSA) is 43.4 Å². The molecule has 0 saturated heterocycles. The van der Waals surface area contributed by atoms with Crippen LogP contribution in [0.5, 0.6) is 5.75 Å². The molecule has 3 nitrogen and oxygen atoms in total. The van der Waals surface area contributed by atoms with E-state index >= 15 is 0 Å². The number of hydrogen-bond donors (Lipinski definition) is 0. The average molecular weight is 287 g/mol. The first-order valence-corrected chi connectivity index (χ1v) is 6.23. The third-order valence-corrected chi connectivity index (χ3v) is 2.84. The van der Waals surface area contributed by atoms with Gasteiger partial charge in [0.25, 0.3) is 0 Å². The standard InChI is InChI=1S/C16H11ClO3/c1-2-14(18)13-10-12(17)8-9-15(13)20-16(19)11-6-4-3-5-7-11/h2-10H,1H2. The Balaban J connectivity index is 2.32. The van der Waals surface area contributed by atoms with Crippen LogP contribution in [0.25, 0.3) is 0 Å². The number of carbonyl (C=O) groups is 2. The zero-order valence-electron chi connectivity index (χ0n) is 10.5. The minimum Gasteiger partial charge on any atom is -0.422 e. The molecular weight excluding hydrogens is 276 g/mol. The molecule has 0 spiro atoms. The quantitative estimate of drug-likeness (QED) is 0.370. The molecule has 0 aliphatic rings. The van der Waals surface area contributed by atoms with E-state index in [1.54, 1.807) is 36.4 Å². The van der Waals surface area contributed by atoms with Gasteiger partial charge in [-0.25, -0.2) is 4.79 Å². The molecule has 2 rings (SSSR count). The Hall–Kier alpha value is -2.39. The van der Waals surface area contributed by atoms with Gasteiger partial charge in [0.05, 0.1) is 11.1 Å². The highest BCUT2D eigenvalue weighted by atomic mass is 35.5. The lowest BCUT2D eigenvalue weighted by Crippen LogP contribution is -2.11. The van der Waals surface area contributed by atoms with Crippen LogP contribution in [-0.2, 0) is 0 Å². The third-order valence-electron chi connectivity index (χ3n) is 2.60. The van der Waals surface area contributed by atoms with Gasteiger partial charge < -0.3 is 4.74 Å². The summed E-state index contributed by atoms with van der Waals surface area (Å²) >= 11 is 5.84. The molecule has 0 aliphatic carbocycles. The zero-order valence-corrected chi connectivity index (χ0v) is 11.3. The second-order valence-corrected chi connectivity index (χ2v) is 4.40. The van der Waals surface area contributed by atoms with E-state index in [0.717, 1.165) is 6.08 Å². The Morgan fingerprint density at radius 1 is 1.10 bits per heavy atom. The second-order valence-electron chi connectivity index (χ2n) is 3.96. The number of esters is 1. The van der Waals surface area contributed by atoms with Crippen molar-refractivity contribution in [1.82, 2.24) is 0 Å². The highest BCUT2D eigenvalue weighted by molar-refractivity contribution is 6.31. The maximum atomic E-state index is 12.0. The number of hydrogen-bond acceptors (Lipinski definition) is 3. The maximum absolute atomic E-state index is 12.0. The molecule has 0 fully saturated rings. The van der Waals surface area contributed by atoms with Gasteiger partial charge in [-0.2, -0.15) is 0 Å². The van der Waals surface area contributed by atoms with Crippen molar-refractivity contribution < 1.29 is 14.3 Å². The van der Waals surface area contributed by atoms with Gasteiger partial charge in [0, 0.05) is 5.02 Å². The number of carbonyl (C=O) groups excluding carboxylic acids is 2. The smallest absolute Gasteiger partial charge is 0.343 e. The lowest BCUT2D eigenvalue weighted by Gasteiger charge is -2.08. The Morgan fingerprint density at radius 3 is 2.45 bits per heavy atom. The first kappa shape index (κ1) is 14.0. The molecule has 0 bridgehead atoms. The highest BCUT2D eigenvalue weighted by Gasteiger charge is 2.15. The second kappa shape index (κ2) is 6.17. The van der Waals surface area contributed by atoms with E-state index in [-0.39, 0.29) is 17.1 Å². The van der Waals surface area contributed by atoms with Crippen LogP contribution in [0.3, 0.4) is 0 Å². The van der Waals surface area contributed by atoms with Gasteiger partial charge in [0.15, 0.2) is 5.78 Å². The Kier molecular flexibility index (Phi) is 4.33. The van der Waals surface area contributed by atoms with Gasteiger partial charge in [-0.05, 0) is 36.4 Å². The Morgan fingerprint density at radius 2 is 1.80 bits per heavy atom. The molecule has 0 radical (unpaired) electrons. The van der Waals surface area contributed by atoms with E-state index < -0.39 is 5.97 Å². The monoisotopic (exact) mass is 286 g/mol. The van der Waals surface area contributed by atoms with Crippen molar-refractivity contribution >= 4 is 23.4 Å². The van der Waals surface area contributed by atoms with Gasteiger partial charge in [0.1, 0.15) is 5.75 Å². The lowest BCUT2D eigenvalue weighted by molar-refractivity contribution is 0.0733. The predicted molar refractivity (Wildman–Crippen MR) is 77.4 cm³/mol. The molecule has 0 amide bonds. The number of halogens is 1. The van der Waals surface area contributed by atoms with Crippen LogP contribution in [0.15, 0.2) is 61.2 Å². The molecule has 20 heavy (non-hydrogen) atoms. The maximum Gasteiger partial charge on any atom is 0.343 e. The summed E-state index contributed by atoms with van der Waals surface area (Å²) in [6.07, 6.45) is 1.14. The summed E-state index contributed by atoms with van der Waals surface area (Å²) in [7, 11) is 0. The lowest BCUT2D eigenvalue weighted by atomic mass is 10.1. The van der Waals surface area contributed by atoms with Crippen molar-refractivity contribution in [2.24, 2.45) is 0 Å². The summed E-state index contributed by atoms with van der Waals surface area (Å²) in [6, 6.07) is 13.0. The van der Waals surface area contributed by atoms with Crippen LogP contribution in [0.1, 0.15) is 20.7 Å². The molecule has 0 atom stereocenters. The molecule has 0 unspecified atom stereocenters. The average Bonchev–Trinajstić information content (AvgIpc) is 2.49. The summed E-state index contributed by atoms with van der Waals surface area (Å²) in [6.45, 7) is 3.41. The van der Waals surface area contributed by atoms with Crippen LogP contribution in [0, 0.1) is 0 Å². The summed E-state index contributed by atoms with van der Waals surface area (Å²) in [4.78, 5) is 23.7. The largest absolute Gasteiger partial charge is 0.422 e. The third kappa shape index (κ3) is 3.13. The number of benzene rings is 2. The van der Waals surface area contributed by atoms with E-state index in [1.807, 2.05) is 0 Å². The van der Waals surface area contributed by atoms with E-state index in [2.05, 4.69) is 6.58 Å². The van der Waals surface area contributed by atoms with Crippen molar-refractivity contribution in [3.05, 3.63) is 77.3 Å². The molecule has 100 valence electrons. The molecule has 0 N–H and O–H groups in total. The molecule has 2 aromatic carbocycles. The van der Waals surface area contributed by atoms with Gasteiger partial charge in [0.2, 0.25) is 0 Å². The zero-order chi connectivity index (χ0) is 14.5. The summed E-state index contributed by atoms with van der Waals surface area (Å²) in [5.74, 6) is -0.734. The number of rotatable bonds is 4. The van der Waals surface area contributed by atoms with Crippen LogP contribution in [0.4, 0.5) is 0 Å². The minimum atomic E-state index is -0.536. The van der Waals surface area contributed by atoms with E-state index in [9.17, 15) is 9.59 Å².